The predicted octanol–water partition coefficient (Wildman–Crippen LogP) is 2.80. The van der Waals surface area contributed by atoms with Gasteiger partial charge in [0.15, 0.2) is 0 Å². The Morgan fingerprint density at radius 1 is 0.931 bits per heavy atom. The standard InChI is InChI=1S/C22H18FN3O3/c1-29-17-10-8-15(9-11-17)13-26-21(27)18-6-4-12-24-20(18)25(22(26)28)14-16-5-2-3-7-19(16)23/h2-12H,13-14H2,1H3. The summed E-state index contributed by atoms with van der Waals surface area (Å²) in [6.07, 6.45) is 1.51. The van der Waals surface area contributed by atoms with E-state index in [0.29, 0.717) is 16.7 Å². The van der Waals surface area contributed by atoms with Crippen molar-refractivity contribution in [2.75, 3.05) is 7.11 Å². The summed E-state index contributed by atoms with van der Waals surface area (Å²) in [6, 6.07) is 16.6. The monoisotopic (exact) mass is 391 g/mol. The molecule has 0 aliphatic carbocycles. The zero-order valence-electron chi connectivity index (χ0n) is 15.7. The summed E-state index contributed by atoms with van der Waals surface area (Å²) in [6.45, 7) is 0.0612. The van der Waals surface area contributed by atoms with Gasteiger partial charge in [-0.25, -0.2) is 14.2 Å². The maximum Gasteiger partial charge on any atom is 0.333 e. The molecule has 6 nitrogen and oxygen atoms in total. The van der Waals surface area contributed by atoms with Gasteiger partial charge in [0.05, 0.1) is 25.6 Å². The molecule has 2 heterocycles. The van der Waals surface area contributed by atoms with Crippen LogP contribution in [-0.4, -0.2) is 21.2 Å². The number of hydrogen-bond acceptors (Lipinski definition) is 4. The van der Waals surface area contributed by atoms with E-state index in [1.165, 1.54) is 16.8 Å². The Morgan fingerprint density at radius 3 is 2.41 bits per heavy atom. The van der Waals surface area contributed by atoms with E-state index in [1.54, 1.807) is 61.7 Å². The van der Waals surface area contributed by atoms with Gasteiger partial charge in [0, 0.05) is 11.8 Å². The van der Waals surface area contributed by atoms with Crippen molar-refractivity contribution in [3.8, 4) is 5.75 Å². The minimum Gasteiger partial charge on any atom is -0.497 e. The molecule has 29 heavy (non-hydrogen) atoms. The smallest absolute Gasteiger partial charge is 0.333 e. The number of aromatic nitrogens is 3. The summed E-state index contributed by atoms with van der Waals surface area (Å²) < 4.78 is 21.8. The van der Waals surface area contributed by atoms with Crippen LogP contribution in [0.3, 0.4) is 0 Å². The average Bonchev–Trinajstić information content (AvgIpc) is 2.76. The zero-order chi connectivity index (χ0) is 20.4. The van der Waals surface area contributed by atoms with Crippen LogP contribution in [0.4, 0.5) is 4.39 Å². The van der Waals surface area contributed by atoms with Gasteiger partial charge in [0.25, 0.3) is 5.56 Å². The second kappa shape index (κ2) is 7.71. The Bertz CT molecular complexity index is 1290. The van der Waals surface area contributed by atoms with E-state index in [1.807, 2.05) is 0 Å². The summed E-state index contributed by atoms with van der Waals surface area (Å²) >= 11 is 0. The molecule has 0 atom stereocenters. The van der Waals surface area contributed by atoms with E-state index < -0.39 is 17.1 Å². The third-order valence-corrected chi connectivity index (χ3v) is 4.77. The van der Waals surface area contributed by atoms with Gasteiger partial charge in [0.2, 0.25) is 0 Å². The Hall–Kier alpha value is -3.74. The lowest BCUT2D eigenvalue weighted by atomic mass is 10.2. The third-order valence-electron chi connectivity index (χ3n) is 4.77. The molecule has 0 fully saturated rings. The van der Waals surface area contributed by atoms with E-state index in [9.17, 15) is 14.0 Å². The van der Waals surface area contributed by atoms with Gasteiger partial charge in [-0.15, -0.1) is 0 Å². The first-order valence-electron chi connectivity index (χ1n) is 9.03. The summed E-state index contributed by atoms with van der Waals surface area (Å²) in [5, 5.41) is 0.303. The van der Waals surface area contributed by atoms with Crippen LogP contribution in [0.5, 0.6) is 5.75 Å². The fourth-order valence-electron chi connectivity index (χ4n) is 3.24. The van der Waals surface area contributed by atoms with Gasteiger partial charge in [-0.1, -0.05) is 30.3 Å². The van der Waals surface area contributed by atoms with Crippen LogP contribution in [0, 0.1) is 5.82 Å². The Morgan fingerprint density at radius 2 is 1.69 bits per heavy atom. The number of halogens is 1. The second-order valence-corrected chi connectivity index (χ2v) is 6.57. The van der Waals surface area contributed by atoms with Crippen LogP contribution in [0.2, 0.25) is 0 Å². The molecule has 2 aromatic heterocycles. The lowest BCUT2D eigenvalue weighted by Crippen LogP contribution is -2.41. The molecule has 4 rings (SSSR count). The molecule has 0 saturated heterocycles. The van der Waals surface area contributed by atoms with Gasteiger partial charge in [0.1, 0.15) is 17.2 Å². The van der Waals surface area contributed by atoms with Crippen LogP contribution in [0.1, 0.15) is 11.1 Å². The van der Waals surface area contributed by atoms with E-state index in [4.69, 9.17) is 4.74 Å². The second-order valence-electron chi connectivity index (χ2n) is 6.57. The number of fused-ring (bicyclic) bond motifs is 1. The van der Waals surface area contributed by atoms with Crippen molar-refractivity contribution in [1.82, 2.24) is 14.1 Å². The number of methoxy groups -OCH3 is 1. The van der Waals surface area contributed by atoms with Gasteiger partial charge in [-0.3, -0.25) is 13.9 Å². The maximum atomic E-state index is 14.2. The molecule has 0 radical (unpaired) electrons. The lowest BCUT2D eigenvalue weighted by molar-refractivity contribution is 0.414. The summed E-state index contributed by atoms with van der Waals surface area (Å²) in [7, 11) is 1.57. The van der Waals surface area contributed by atoms with Gasteiger partial charge >= 0.3 is 5.69 Å². The molecule has 146 valence electrons. The van der Waals surface area contributed by atoms with Crippen molar-refractivity contribution < 1.29 is 9.13 Å². The van der Waals surface area contributed by atoms with Crippen molar-refractivity contribution in [2.45, 2.75) is 13.1 Å². The minimum absolute atomic E-state index is 0.0259. The third kappa shape index (κ3) is 3.54. The van der Waals surface area contributed by atoms with E-state index in [2.05, 4.69) is 4.98 Å². The van der Waals surface area contributed by atoms with Gasteiger partial charge < -0.3 is 4.74 Å². The Balaban J connectivity index is 1.87. The highest BCUT2D eigenvalue weighted by Crippen LogP contribution is 2.13. The highest BCUT2D eigenvalue weighted by atomic mass is 19.1. The summed E-state index contributed by atoms with van der Waals surface area (Å²) in [4.78, 5) is 30.4. The highest BCUT2D eigenvalue weighted by molar-refractivity contribution is 5.73. The van der Waals surface area contributed by atoms with Crippen LogP contribution in [0.15, 0.2) is 76.4 Å². The molecule has 7 heteroatoms. The summed E-state index contributed by atoms with van der Waals surface area (Å²) in [5.41, 5.74) is 0.373. The first-order valence-corrected chi connectivity index (χ1v) is 9.03. The molecular formula is C22H18FN3O3. The molecule has 4 aromatic rings. The number of ether oxygens (including phenoxy) is 1. The van der Waals surface area contributed by atoms with Gasteiger partial charge in [-0.05, 0) is 35.9 Å². The number of hydrogen-bond donors (Lipinski definition) is 0. The first kappa shape index (κ1) is 18.6. The Labute approximate surface area is 165 Å². The maximum absolute atomic E-state index is 14.2. The number of pyridine rings is 1. The fourth-order valence-corrected chi connectivity index (χ4v) is 3.24. The Kier molecular flexibility index (Phi) is 4.95. The first-order chi connectivity index (χ1) is 14.1. The fraction of sp³-hybridized carbons (Fsp3) is 0.136. The molecule has 2 aromatic carbocycles. The van der Waals surface area contributed by atoms with Crippen LogP contribution in [-0.2, 0) is 13.1 Å². The molecule has 0 aliphatic rings. The molecule has 0 amide bonds. The highest BCUT2D eigenvalue weighted by Gasteiger charge is 2.15. The predicted molar refractivity (Wildman–Crippen MR) is 108 cm³/mol. The molecule has 0 saturated carbocycles. The number of benzene rings is 2. The molecule has 0 unspecified atom stereocenters. The number of nitrogens with zero attached hydrogens (tertiary/aromatic N) is 3. The van der Waals surface area contributed by atoms with Crippen molar-refractivity contribution >= 4 is 11.0 Å². The number of rotatable bonds is 5. The van der Waals surface area contributed by atoms with E-state index in [-0.39, 0.29) is 18.7 Å². The lowest BCUT2D eigenvalue weighted by Gasteiger charge is -2.14. The van der Waals surface area contributed by atoms with Crippen molar-refractivity contribution in [1.29, 1.82) is 0 Å². The van der Waals surface area contributed by atoms with Crippen LogP contribution >= 0.6 is 0 Å². The van der Waals surface area contributed by atoms with E-state index >= 15 is 0 Å². The minimum atomic E-state index is -0.541. The van der Waals surface area contributed by atoms with Crippen molar-refractivity contribution in [2.24, 2.45) is 0 Å². The summed E-state index contributed by atoms with van der Waals surface area (Å²) in [5.74, 6) is 0.261. The quantitative estimate of drug-likeness (QED) is 0.525. The normalized spacial score (nSPS) is 11.0. The van der Waals surface area contributed by atoms with Crippen molar-refractivity contribution in [3.63, 3.8) is 0 Å². The van der Waals surface area contributed by atoms with E-state index in [0.717, 1.165) is 10.1 Å². The van der Waals surface area contributed by atoms with Gasteiger partial charge in [-0.2, -0.15) is 0 Å². The molecule has 0 spiro atoms. The average molecular weight is 391 g/mol. The molecule has 0 aliphatic heterocycles. The largest absolute Gasteiger partial charge is 0.497 e. The van der Waals surface area contributed by atoms with Crippen LogP contribution in [0.25, 0.3) is 11.0 Å². The van der Waals surface area contributed by atoms with Crippen molar-refractivity contribution in [3.05, 3.63) is 105 Å². The van der Waals surface area contributed by atoms with Crippen LogP contribution < -0.4 is 16.0 Å². The molecule has 0 bridgehead atoms. The topological polar surface area (TPSA) is 66.1 Å². The molecular weight excluding hydrogens is 373 g/mol. The zero-order valence-corrected chi connectivity index (χ0v) is 15.7. The molecule has 0 N–H and O–H groups in total. The SMILES string of the molecule is COc1ccc(Cn2c(=O)c3cccnc3n(Cc3ccccc3F)c2=O)cc1.